The highest BCUT2D eigenvalue weighted by Crippen LogP contribution is 2.23. The molecule has 0 radical (unpaired) electrons. The van der Waals surface area contributed by atoms with Crippen molar-refractivity contribution in [2.45, 2.75) is 11.8 Å². The lowest BCUT2D eigenvalue weighted by Crippen LogP contribution is -2.47. The van der Waals surface area contributed by atoms with Crippen molar-refractivity contribution in [1.29, 1.82) is 0 Å². The first-order chi connectivity index (χ1) is 12.8. The summed E-state index contributed by atoms with van der Waals surface area (Å²) in [6.07, 6.45) is 1.32. The van der Waals surface area contributed by atoms with E-state index in [-0.39, 0.29) is 16.4 Å². The van der Waals surface area contributed by atoms with Crippen LogP contribution in [0.15, 0.2) is 35.5 Å². The minimum absolute atomic E-state index is 0.143. The molecule has 10 nitrogen and oxygen atoms in total. The number of nitrogens with one attached hydrogen (secondary N) is 3. The fourth-order valence-corrected chi connectivity index (χ4v) is 3.39. The third-order valence-corrected chi connectivity index (χ3v) is 5.55. The highest BCUT2D eigenvalue weighted by atomic mass is 32.2. The molecule has 0 bridgehead atoms. The topological polar surface area (TPSA) is 129 Å². The second-order valence-electron chi connectivity index (χ2n) is 6.43. The second-order valence-corrected chi connectivity index (χ2v) is 8.11. The summed E-state index contributed by atoms with van der Waals surface area (Å²) in [5, 5.41) is 2.01. The van der Waals surface area contributed by atoms with Gasteiger partial charge in [0.2, 0.25) is 0 Å². The van der Waals surface area contributed by atoms with E-state index < -0.39 is 10.0 Å². The predicted molar refractivity (Wildman–Crippen MR) is 104 cm³/mol. The minimum Gasteiger partial charge on any atom is -0.393 e. The Bertz CT molecular complexity index is 880. The van der Waals surface area contributed by atoms with Crippen molar-refractivity contribution >= 4 is 27.3 Å². The van der Waals surface area contributed by atoms with Crippen molar-refractivity contribution in [3.8, 4) is 0 Å². The first-order valence-electron chi connectivity index (χ1n) is 8.50. The molecule has 5 N–H and O–H groups in total. The third kappa shape index (κ3) is 4.83. The van der Waals surface area contributed by atoms with Crippen molar-refractivity contribution in [3.05, 3.63) is 36.2 Å². The van der Waals surface area contributed by atoms with Crippen LogP contribution in [0.25, 0.3) is 0 Å². The highest BCUT2D eigenvalue weighted by molar-refractivity contribution is 7.89. The Hall–Kier alpha value is -2.47. The average Bonchev–Trinajstić information content (AvgIpc) is 2.64. The van der Waals surface area contributed by atoms with E-state index in [1.165, 1.54) is 18.5 Å². The normalized spacial score (nSPS) is 16.2. The van der Waals surface area contributed by atoms with Gasteiger partial charge in [0.05, 0.1) is 4.90 Å². The lowest BCUT2D eigenvalue weighted by molar-refractivity contribution is 0.178. The summed E-state index contributed by atoms with van der Waals surface area (Å²) >= 11 is 0. The summed E-state index contributed by atoms with van der Waals surface area (Å²) in [5.74, 6) is 0.601. The fourth-order valence-electron chi connectivity index (χ4n) is 2.54. The van der Waals surface area contributed by atoms with Gasteiger partial charge in [-0.25, -0.2) is 23.4 Å². The van der Waals surface area contributed by atoms with Gasteiger partial charge in [-0.2, -0.15) is 0 Å². The van der Waals surface area contributed by atoms with E-state index in [0.29, 0.717) is 5.82 Å². The Morgan fingerprint density at radius 2 is 1.67 bits per heavy atom. The molecule has 11 heteroatoms. The van der Waals surface area contributed by atoms with Gasteiger partial charge in [0, 0.05) is 26.2 Å². The van der Waals surface area contributed by atoms with E-state index in [1.807, 2.05) is 11.9 Å². The van der Waals surface area contributed by atoms with Gasteiger partial charge in [-0.1, -0.05) is 17.7 Å². The number of aromatic nitrogens is 2. The fraction of sp³-hybridized carbons (Fsp3) is 0.375. The summed E-state index contributed by atoms with van der Waals surface area (Å²) < 4.78 is 24.7. The summed E-state index contributed by atoms with van der Waals surface area (Å²) in [5.41, 5.74) is 13.0. The van der Waals surface area contributed by atoms with Crippen LogP contribution in [-0.4, -0.2) is 61.5 Å². The number of aryl methyl sites for hydroxylation is 1. The number of hydrogen-bond donors (Lipinski definition) is 4. The van der Waals surface area contributed by atoms with Gasteiger partial charge in [-0.15, -0.1) is 4.83 Å². The minimum atomic E-state index is -3.75. The van der Waals surface area contributed by atoms with Crippen LogP contribution in [0.4, 0.5) is 17.3 Å². The molecule has 0 saturated carbocycles. The molecule has 0 unspecified atom stereocenters. The van der Waals surface area contributed by atoms with E-state index in [2.05, 4.69) is 37.6 Å². The monoisotopic (exact) mass is 392 g/mol. The van der Waals surface area contributed by atoms with Crippen molar-refractivity contribution in [1.82, 2.24) is 24.7 Å². The van der Waals surface area contributed by atoms with Gasteiger partial charge < -0.3 is 16.1 Å². The Balaban J connectivity index is 1.67. The zero-order valence-corrected chi connectivity index (χ0v) is 16.1. The lowest BCUT2D eigenvalue weighted by Gasteiger charge is -2.32. The third-order valence-electron chi connectivity index (χ3n) is 4.29. The number of hydrogen-bond acceptors (Lipinski definition) is 9. The molecule has 2 heterocycles. The Kier molecular flexibility index (Phi) is 5.75. The number of hydrazine groups is 2. The van der Waals surface area contributed by atoms with Crippen LogP contribution in [-0.2, 0) is 10.0 Å². The number of nitrogens with two attached hydrogens (primary N) is 1. The quantitative estimate of drug-likeness (QED) is 0.511. The molecule has 1 aliphatic heterocycles. The van der Waals surface area contributed by atoms with Crippen LogP contribution in [0.3, 0.4) is 0 Å². The maximum Gasteiger partial charge on any atom is 0.257 e. The van der Waals surface area contributed by atoms with E-state index in [1.54, 1.807) is 12.1 Å². The van der Waals surface area contributed by atoms with Gasteiger partial charge >= 0.3 is 0 Å². The number of nitrogens with zero attached hydrogens (tertiary/aromatic N) is 4. The molecule has 2 aromatic rings. The van der Waals surface area contributed by atoms with Crippen LogP contribution < -0.4 is 21.4 Å². The molecule has 146 valence electrons. The van der Waals surface area contributed by atoms with Crippen LogP contribution in [0, 0.1) is 6.92 Å². The summed E-state index contributed by atoms with van der Waals surface area (Å²) in [7, 11) is -1.68. The summed E-state index contributed by atoms with van der Waals surface area (Å²) in [6.45, 7) is 5.39. The van der Waals surface area contributed by atoms with Gasteiger partial charge in [0.15, 0.2) is 11.6 Å². The summed E-state index contributed by atoms with van der Waals surface area (Å²) in [4.78, 5) is 12.8. The number of benzene rings is 1. The molecule has 1 fully saturated rings. The van der Waals surface area contributed by atoms with Gasteiger partial charge in [0.25, 0.3) is 10.0 Å². The predicted octanol–water partition coefficient (Wildman–Crippen LogP) is 0.247. The first-order valence-corrected chi connectivity index (χ1v) is 9.98. The molecule has 1 aliphatic rings. The lowest BCUT2D eigenvalue weighted by atomic mass is 10.2. The molecule has 0 amide bonds. The van der Waals surface area contributed by atoms with E-state index in [4.69, 9.17) is 5.73 Å². The number of rotatable bonds is 6. The molecule has 0 aliphatic carbocycles. The standard InChI is InChI=1S/C16H24N8O2S/c1-12-3-5-13(6-4-12)27(25,26)22-20-15-14(17)16(19-11-18-15)21-24-9-7-23(2)8-10-24/h3-6,11,22H,7-10,17H2,1-2H3,(H2,18,19,20,21). The van der Waals surface area contributed by atoms with Crippen molar-refractivity contribution in [2.24, 2.45) is 0 Å². The highest BCUT2D eigenvalue weighted by Gasteiger charge is 2.18. The van der Waals surface area contributed by atoms with E-state index in [0.717, 1.165) is 31.7 Å². The van der Waals surface area contributed by atoms with Crippen LogP contribution in [0.1, 0.15) is 5.56 Å². The zero-order chi connectivity index (χ0) is 19.4. The molecule has 0 atom stereocenters. The second kappa shape index (κ2) is 8.05. The molecule has 1 aromatic heterocycles. The Morgan fingerprint density at radius 3 is 2.33 bits per heavy atom. The molecule has 3 rings (SSSR count). The molecule has 1 saturated heterocycles. The number of piperazine rings is 1. The smallest absolute Gasteiger partial charge is 0.257 e. The van der Waals surface area contributed by atoms with Gasteiger partial charge in [-0.05, 0) is 26.1 Å². The van der Waals surface area contributed by atoms with Crippen LogP contribution >= 0.6 is 0 Å². The maximum atomic E-state index is 12.4. The molecule has 27 heavy (non-hydrogen) atoms. The molecule has 0 spiro atoms. The number of nitrogen functional groups attached to an aromatic ring is 1. The Labute approximate surface area is 158 Å². The van der Waals surface area contributed by atoms with Gasteiger partial charge in [-0.3, -0.25) is 5.43 Å². The van der Waals surface area contributed by atoms with Crippen molar-refractivity contribution in [2.75, 3.05) is 49.8 Å². The van der Waals surface area contributed by atoms with Crippen molar-refractivity contribution < 1.29 is 8.42 Å². The SMILES string of the molecule is Cc1ccc(S(=O)(=O)NNc2ncnc(NN3CCN(C)CC3)c2N)cc1. The van der Waals surface area contributed by atoms with Crippen LogP contribution in [0.5, 0.6) is 0 Å². The largest absolute Gasteiger partial charge is 0.393 e. The maximum absolute atomic E-state index is 12.4. The number of sulfonamides is 1. The summed E-state index contributed by atoms with van der Waals surface area (Å²) in [6, 6.07) is 6.52. The van der Waals surface area contributed by atoms with Crippen molar-refractivity contribution in [3.63, 3.8) is 0 Å². The van der Waals surface area contributed by atoms with Crippen LogP contribution in [0.2, 0.25) is 0 Å². The van der Waals surface area contributed by atoms with E-state index >= 15 is 0 Å². The molecule has 1 aromatic carbocycles. The van der Waals surface area contributed by atoms with E-state index in [9.17, 15) is 8.42 Å². The number of anilines is 3. The number of likely N-dealkylation sites (N-methyl/N-ethyl adjacent to an activating group) is 1. The molecular weight excluding hydrogens is 368 g/mol. The van der Waals surface area contributed by atoms with Gasteiger partial charge in [0.1, 0.15) is 12.0 Å². The molecular formula is C16H24N8O2S. The average molecular weight is 392 g/mol. The zero-order valence-electron chi connectivity index (χ0n) is 15.3. The first kappa shape index (κ1) is 19.3. The Morgan fingerprint density at radius 1 is 1.04 bits per heavy atom.